The minimum absolute atomic E-state index is 0.0587. The van der Waals surface area contributed by atoms with Crippen LogP contribution in [-0.4, -0.2) is 25.6 Å². The van der Waals surface area contributed by atoms with Crippen molar-refractivity contribution in [1.29, 1.82) is 0 Å². The minimum Gasteiger partial charge on any atom is -0.465 e. The Morgan fingerprint density at radius 3 is 2.48 bits per heavy atom. The molecule has 0 unspecified atom stereocenters. The average molecular weight is 313 g/mol. The molecule has 0 aliphatic heterocycles. The Morgan fingerprint density at radius 1 is 1.04 bits per heavy atom. The summed E-state index contributed by atoms with van der Waals surface area (Å²) >= 11 is 0. The highest BCUT2D eigenvalue weighted by Crippen LogP contribution is 2.19. The number of benzene rings is 2. The molecule has 0 fully saturated rings. The van der Waals surface area contributed by atoms with Gasteiger partial charge in [0.15, 0.2) is 0 Å². The first-order valence-electron chi connectivity index (χ1n) is 7.21. The number of esters is 1. The number of methoxy groups -OCH3 is 1. The second-order valence-corrected chi connectivity index (χ2v) is 5.00. The van der Waals surface area contributed by atoms with Crippen LogP contribution in [-0.2, 0) is 20.9 Å². The zero-order valence-electron chi connectivity index (χ0n) is 13.2. The number of anilines is 1. The van der Waals surface area contributed by atoms with Gasteiger partial charge in [-0.25, -0.2) is 4.79 Å². The largest absolute Gasteiger partial charge is 0.465 e. The van der Waals surface area contributed by atoms with Gasteiger partial charge >= 0.3 is 5.97 Å². The quantitative estimate of drug-likeness (QED) is 0.833. The van der Waals surface area contributed by atoms with Crippen molar-refractivity contribution in [2.24, 2.45) is 0 Å². The maximum atomic E-state index is 12.0. The molecule has 23 heavy (non-hydrogen) atoms. The summed E-state index contributed by atoms with van der Waals surface area (Å²) < 4.78 is 10.1. The molecule has 0 aromatic heterocycles. The van der Waals surface area contributed by atoms with Gasteiger partial charge in [0.1, 0.15) is 6.61 Å². The van der Waals surface area contributed by atoms with E-state index in [0.717, 1.165) is 5.56 Å². The predicted molar refractivity (Wildman–Crippen MR) is 87.2 cm³/mol. The molecule has 120 valence electrons. The van der Waals surface area contributed by atoms with Gasteiger partial charge in [-0.1, -0.05) is 36.4 Å². The summed E-state index contributed by atoms with van der Waals surface area (Å²) in [6, 6.07) is 14.7. The molecule has 1 amide bonds. The molecule has 0 atom stereocenters. The first-order valence-corrected chi connectivity index (χ1v) is 7.21. The van der Waals surface area contributed by atoms with Crippen molar-refractivity contribution in [3.63, 3.8) is 0 Å². The van der Waals surface area contributed by atoms with Crippen LogP contribution in [0.4, 0.5) is 5.69 Å². The molecule has 0 spiro atoms. The van der Waals surface area contributed by atoms with E-state index in [2.05, 4.69) is 5.32 Å². The molecule has 0 aliphatic rings. The lowest BCUT2D eigenvalue weighted by Gasteiger charge is -2.11. The zero-order chi connectivity index (χ0) is 16.7. The number of ether oxygens (including phenoxy) is 2. The molecule has 5 nitrogen and oxygen atoms in total. The fraction of sp³-hybridized carbons (Fsp3) is 0.222. The summed E-state index contributed by atoms with van der Waals surface area (Å²) in [6.07, 6.45) is 0. The molecule has 0 bridgehead atoms. The standard InChI is InChI=1S/C18H19NO4/c1-13-15(18(21)22-2)9-6-10-16(13)19-17(20)12-23-11-14-7-4-3-5-8-14/h3-10H,11-12H2,1-2H3,(H,19,20). The third kappa shape index (κ3) is 4.66. The minimum atomic E-state index is -0.432. The van der Waals surface area contributed by atoms with Gasteiger partial charge in [-0.2, -0.15) is 0 Å². The van der Waals surface area contributed by atoms with Crippen LogP contribution in [0, 0.1) is 6.92 Å². The van der Waals surface area contributed by atoms with Gasteiger partial charge in [0.2, 0.25) is 5.91 Å². The van der Waals surface area contributed by atoms with Gasteiger partial charge in [-0.15, -0.1) is 0 Å². The van der Waals surface area contributed by atoms with Crippen molar-refractivity contribution in [1.82, 2.24) is 0 Å². The first kappa shape index (κ1) is 16.7. The zero-order valence-corrected chi connectivity index (χ0v) is 13.2. The maximum Gasteiger partial charge on any atom is 0.338 e. The lowest BCUT2D eigenvalue weighted by molar-refractivity contribution is -0.121. The molecule has 0 radical (unpaired) electrons. The fourth-order valence-electron chi connectivity index (χ4n) is 2.12. The number of carbonyl (C=O) groups excluding carboxylic acids is 2. The van der Waals surface area contributed by atoms with Crippen LogP contribution in [0.2, 0.25) is 0 Å². The van der Waals surface area contributed by atoms with Crippen LogP contribution in [0.1, 0.15) is 21.5 Å². The first-order chi connectivity index (χ1) is 11.1. The summed E-state index contributed by atoms with van der Waals surface area (Å²) in [4.78, 5) is 23.6. The number of rotatable bonds is 6. The van der Waals surface area contributed by atoms with E-state index in [1.807, 2.05) is 30.3 Å². The molecule has 1 N–H and O–H groups in total. The van der Waals surface area contributed by atoms with Crippen molar-refractivity contribution >= 4 is 17.6 Å². The van der Waals surface area contributed by atoms with Crippen molar-refractivity contribution in [2.45, 2.75) is 13.5 Å². The number of carbonyl (C=O) groups is 2. The number of hydrogen-bond acceptors (Lipinski definition) is 4. The van der Waals surface area contributed by atoms with Gasteiger partial charge in [0.05, 0.1) is 19.3 Å². The molecule has 2 aromatic carbocycles. The highest BCUT2D eigenvalue weighted by molar-refractivity contribution is 5.97. The highest BCUT2D eigenvalue weighted by Gasteiger charge is 2.13. The SMILES string of the molecule is COC(=O)c1cccc(NC(=O)COCc2ccccc2)c1C. The second-order valence-electron chi connectivity index (χ2n) is 5.00. The maximum absolute atomic E-state index is 12.0. The molecule has 0 aliphatic carbocycles. The Bertz CT molecular complexity index is 683. The molecule has 0 saturated carbocycles. The van der Waals surface area contributed by atoms with Crippen LogP contribution in [0.25, 0.3) is 0 Å². The lowest BCUT2D eigenvalue weighted by Crippen LogP contribution is -2.19. The van der Waals surface area contributed by atoms with Crippen molar-refractivity contribution in [3.8, 4) is 0 Å². The van der Waals surface area contributed by atoms with E-state index >= 15 is 0 Å². The Balaban J connectivity index is 1.91. The van der Waals surface area contributed by atoms with Gasteiger partial charge in [-0.3, -0.25) is 4.79 Å². The number of amides is 1. The number of hydrogen-bond donors (Lipinski definition) is 1. The summed E-state index contributed by atoms with van der Waals surface area (Å²) in [5.41, 5.74) is 2.66. The lowest BCUT2D eigenvalue weighted by atomic mass is 10.1. The molecule has 0 heterocycles. The van der Waals surface area contributed by atoms with E-state index < -0.39 is 5.97 Å². The van der Waals surface area contributed by atoms with Gasteiger partial charge in [0.25, 0.3) is 0 Å². The smallest absolute Gasteiger partial charge is 0.338 e. The van der Waals surface area contributed by atoms with Crippen LogP contribution >= 0.6 is 0 Å². The summed E-state index contributed by atoms with van der Waals surface area (Å²) in [5, 5.41) is 2.74. The van der Waals surface area contributed by atoms with E-state index in [4.69, 9.17) is 9.47 Å². The highest BCUT2D eigenvalue weighted by atomic mass is 16.5. The molecule has 0 saturated heterocycles. The summed E-state index contributed by atoms with van der Waals surface area (Å²) in [5.74, 6) is -0.704. The molecule has 2 aromatic rings. The Labute approximate surface area is 135 Å². The van der Waals surface area contributed by atoms with E-state index in [0.29, 0.717) is 23.4 Å². The predicted octanol–water partition coefficient (Wildman–Crippen LogP) is 2.94. The van der Waals surface area contributed by atoms with Gasteiger partial charge < -0.3 is 14.8 Å². The number of nitrogens with one attached hydrogen (secondary N) is 1. The second kappa shape index (κ2) is 8.10. The van der Waals surface area contributed by atoms with Crippen LogP contribution in [0.3, 0.4) is 0 Å². The third-order valence-corrected chi connectivity index (χ3v) is 3.36. The van der Waals surface area contributed by atoms with Crippen LogP contribution in [0.5, 0.6) is 0 Å². The van der Waals surface area contributed by atoms with Crippen LogP contribution in [0.15, 0.2) is 48.5 Å². The molecule has 5 heteroatoms. The monoisotopic (exact) mass is 313 g/mol. The van der Waals surface area contributed by atoms with Crippen molar-refractivity contribution in [3.05, 3.63) is 65.2 Å². The third-order valence-electron chi connectivity index (χ3n) is 3.36. The van der Waals surface area contributed by atoms with Crippen LogP contribution < -0.4 is 5.32 Å². The Morgan fingerprint density at radius 2 is 1.78 bits per heavy atom. The van der Waals surface area contributed by atoms with Gasteiger partial charge in [-0.05, 0) is 30.2 Å². The van der Waals surface area contributed by atoms with E-state index in [1.54, 1.807) is 25.1 Å². The summed E-state index contributed by atoms with van der Waals surface area (Å²) in [7, 11) is 1.32. The Hall–Kier alpha value is -2.66. The topological polar surface area (TPSA) is 64.6 Å². The van der Waals surface area contributed by atoms with Crippen molar-refractivity contribution < 1.29 is 19.1 Å². The van der Waals surface area contributed by atoms with E-state index in [1.165, 1.54) is 7.11 Å². The molecular weight excluding hydrogens is 294 g/mol. The Kier molecular flexibility index (Phi) is 5.88. The summed E-state index contributed by atoms with van der Waals surface area (Å²) in [6.45, 7) is 2.07. The van der Waals surface area contributed by atoms with E-state index in [-0.39, 0.29) is 12.5 Å². The average Bonchev–Trinajstić information content (AvgIpc) is 2.57. The molecular formula is C18H19NO4. The van der Waals surface area contributed by atoms with Gasteiger partial charge in [0, 0.05) is 5.69 Å². The van der Waals surface area contributed by atoms with Crippen molar-refractivity contribution in [2.75, 3.05) is 19.0 Å². The van der Waals surface area contributed by atoms with E-state index in [9.17, 15) is 9.59 Å². The normalized spacial score (nSPS) is 10.2. The molecule has 2 rings (SSSR count). The fourth-order valence-corrected chi connectivity index (χ4v) is 2.12.